The topological polar surface area (TPSA) is 33.3 Å². The highest BCUT2D eigenvalue weighted by Crippen LogP contribution is 2.24. The number of ether oxygens (including phenoxy) is 1. The first-order valence-corrected chi connectivity index (χ1v) is 6.08. The monoisotopic (exact) mass is 242 g/mol. The van der Waals surface area contributed by atoms with E-state index in [9.17, 15) is 0 Å². The third-order valence-corrected chi connectivity index (χ3v) is 2.37. The van der Waals surface area contributed by atoms with Gasteiger partial charge in [-0.15, -0.1) is 0 Å². The zero-order valence-electron chi connectivity index (χ0n) is 10.7. The van der Waals surface area contributed by atoms with E-state index in [-0.39, 0.29) is 6.10 Å². The number of hydrazine groups is 1. The van der Waals surface area contributed by atoms with E-state index in [0.717, 1.165) is 17.1 Å². The van der Waals surface area contributed by atoms with Gasteiger partial charge < -0.3 is 10.2 Å². The van der Waals surface area contributed by atoms with Gasteiger partial charge in [0.25, 0.3) is 0 Å². The van der Waals surface area contributed by atoms with Gasteiger partial charge in [0.05, 0.1) is 17.5 Å². The smallest absolute Gasteiger partial charge is 0.144 e. The normalized spacial score (nSPS) is 10.2. The fraction of sp³-hybridized carbons (Fsp3) is 0.200. The van der Waals surface area contributed by atoms with Crippen molar-refractivity contribution in [2.45, 2.75) is 20.0 Å². The Kier molecular flexibility index (Phi) is 4.07. The molecule has 2 aromatic carbocycles. The Bertz CT molecular complexity index is 483. The predicted molar refractivity (Wildman–Crippen MR) is 75.9 cm³/mol. The SMILES string of the molecule is CC(C)Oc1ccccc1NNc1ccccc1. The molecule has 2 rings (SSSR count). The molecule has 0 saturated heterocycles. The van der Waals surface area contributed by atoms with Gasteiger partial charge in [0.1, 0.15) is 5.75 Å². The summed E-state index contributed by atoms with van der Waals surface area (Å²) in [6.45, 7) is 4.03. The van der Waals surface area contributed by atoms with E-state index in [1.54, 1.807) is 0 Å². The molecule has 0 aliphatic heterocycles. The summed E-state index contributed by atoms with van der Waals surface area (Å²) in [4.78, 5) is 0. The number of nitrogens with one attached hydrogen (secondary N) is 2. The van der Waals surface area contributed by atoms with E-state index >= 15 is 0 Å². The van der Waals surface area contributed by atoms with Crippen molar-refractivity contribution in [1.29, 1.82) is 0 Å². The van der Waals surface area contributed by atoms with Crippen molar-refractivity contribution in [3.63, 3.8) is 0 Å². The molecule has 18 heavy (non-hydrogen) atoms. The molecular weight excluding hydrogens is 224 g/mol. The van der Waals surface area contributed by atoms with Crippen LogP contribution < -0.4 is 15.6 Å². The molecule has 2 aromatic rings. The van der Waals surface area contributed by atoms with Crippen molar-refractivity contribution in [2.24, 2.45) is 0 Å². The second-order valence-corrected chi connectivity index (χ2v) is 4.28. The van der Waals surface area contributed by atoms with Crippen LogP contribution in [0.1, 0.15) is 13.8 Å². The third kappa shape index (κ3) is 3.42. The van der Waals surface area contributed by atoms with Crippen LogP contribution in [0.2, 0.25) is 0 Å². The average Bonchev–Trinajstić information content (AvgIpc) is 2.38. The van der Waals surface area contributed by atoms with Gasteiger partial charge in [-0.2, -0.15) is 0 Å². The van der Waals surface area contributed by atoms with Crippen molar-refractivity contribution >= 4 is 11.4 Å². The Labute approximate surface area is 108 Å². The van der Waals surface area contributed by atoms with Crippen molar-refractivity contribution in [1.82, 2.24) is 0 Å². The van der Waals surface area contributed by atoms with Crippen molar-refractivity contribution in [2.75, 3.05) is 10.9 Å². The number of hydrogen-bond donors (Lipinski definition) is 2. The van der Waals surface area contributed by atoms with Crippen LogP contribution in [0.15, 0.2) is 54.6 Å². The van der Waals surface area contributed by atoms with Crippen LogP contribution in [0.5, 0.6) is 5.75 Å². The first-order valence-electron chi connectivity index (χ1n) is 6.08. The summed E-state index contributed by atoms with van der Waals surface area (Å²) in [6, 6.07) is 17.8. The van der Waals surface area contributed by atoms with E-state index in [1.165, 1.54) is 0 Å². The zero-order valence-corrected chi connectivity index (χ0v) is 10.7. The van der Waals surface area contributed by atoms with Gasteiger partial charge in [0.15, 0.2) is 0 Å². The Morgan fingerprint density at radius 2 is 1.50 bits per heavy atom. The number of benzene rings is 2. The third-order valence-electron chi connectivity index (χ3n) is 2.37. The quantitative estimate of drug-likeness (QED) is 0.780. The molecular formula is C15H18N2O. The van der Waals surface area contributed by atoms with Gasteiger partial charge in [0.2, 0.25) is 0 Å². The number of para-hydroxylation sites is 3. The number of rotatable bonds is 5. The lowest BCUT2D eigenvalue weighted by Gasteiger charge is -2.16. The molecule has 94 valence electrons. The fourth-order valence-corrected chi connectivity index (χ4v) is 1.59. The lowest BCUT2D eigenvalue weighted by Crippen LogP contribution is -2.12. The molecule has 2 N–H and O–H groups in total. The van der Waals surface area contributed by atoms with Crippen LogP contribution in [0, 0.1) is 0 Å². The maximum Gasteiger partial charge on any atom is 0.144 e. The van der Waals surface area contributed by atoms with Crippen LogP contribution in [-0.4, -0.2) is 6.10 Å². The highest BCUT2D eigenvalue weighted by molar-refractivity contribution is 5.60. The van der Waals surface area contributed by atoms with Crippen LogP contribution in [0.3, 0.4) is 0 Å². The molecule has 3 heteroatoms. The molecule has 0 unspecified atom stereocenters. The minimum atomic E-state index is 0.157. The largest absolute Gasteiger partial charge is 0.489 e. The van der Waals surface area contributed by atoms with Crippen LogP contribution in [-0.2, 0) is 0 Å². The number of anilines is 2. The second-order valence-electron chi connectivity index (χ2n) is 4.28. The Morgan fingerprint density at radius 1 is 0.833 bits per heavy atom. The minimum Gasteiger partial charge on any atom is -0.489 e. The van der Waals surface area contributed by atoms with Gasteiger partial charge in [0, 0.05) is 0 Å². The molecule has 0 amide bonds. The highest BCUT2D eigenvalue weighted by Gasteiger charge is 2.03. The second kappa shape index (κ2) is 5.96. The minimum absolute atomic E-state index is 0.157. The van der Waals surface area contributed by atoms with Gasteiger partial charge >= 0.3 is 0 Å². The molecule has 0 spiro atoms. The molecule has 0 aromatic heterocycles. The van der Waals surface area contributed by atoms with Crippen molar-refractivity contribution < 1.29 is 4.74 Å². The average molecular weight is 242 g/mol. The predicted octanol–water partition coefficient (Wildman–Crippen LogP) is 3.91. The molecule has 0 atom stereocenters. The van der Waals surface area contributed by atoms with E-state index in [2.05, 4.69) is 10.9 Å². The molecule has 3 nitrogen and oxygen atoms in total. The first-order chi connectivity index (χ1) is 8.75. The Morgan fingerprint density at radius 3 is 2.22 bits per heavy atom. The van der Waals surface area contributed by atoms with E-state index in [1.807, 2.05) is 68.4 Å². The highest BCUT2D eigenvalue weighted by atomic mass is 16.5. The van der Waals surface area contributed by atoms with Crippen LogP contribution in [0.25, 0.3) is 0 Å². The molecule has 0 radical (unpaired) electrons. The van der Waals surface area contributed by atoms with E-state index in [4.69, 9.17) is 4.74 Å². The molecule has 0 aliphatic carbocycles. The molecule has 0 fully saturated rings. The van der Waals surface area contributed by atoms with Crippen LogP contribution in [0.4, 0.5) is 11.4 Å². The lowest BCUT2D eigenvalue weighted by atomic mass is 10.3. The number of hydrogen-bond acceptors (Lipinski definition) is 3. The van der Waals surface area contributed by atoms with Gasteiger partial charge in [-0.3, -0.25) is 5.43 Å². The lowest BCUT2D eigenvalue weighted by molar-refractivity contribution is 0.243. The first kappa shape index (κ1) is 12.3. The summed E-state index contributed by atoms with van der Waals surface area (Å²) < 4.78 is 5.73. The van der Waals surface area contributed by atoms with Crippen LogP contribution >= 0.6 is 0 Å². The molecule has 0 saturated carbocycles. The maximum absolute atomic E-state index is 5.73. The van der Waals surface area contributed by atoms with E-state index < -0.39 is 0 Å². The summed E-state index contributed by atoms with van der Waals surface area (Å²) in [7, 11) is 0. The summed E-state index contributed by atoms with van der Waals surface area (Å²) in [5.74, 6) is 0.843. The van der Waals surface area contributed by atoms with Gasteiger partial charge in [-0.05, 0) is 38.1 Å². The Hall–Kier alpha value is -2.16. The van der Waals surface area contributed by atoms with Crippen molar-refractivity contribution in [3.05, 3.63) is 54.6 Å². The maximum atomic E-state index is 5.73. The summed E-state index contributed by atoms with van der Waals surface area (Å²) in [6.07, 6.45) is 0.157. The molecule has 0 bridgehead atoms. The zero-order chi connectivity index (χ0) is 12.8. The molecule has 0 heterocycles. The van der Waals surface area contributed by atoms with E-state index in [0.29, 0.717) is 0 Å². The summed E-state index contributed by atoms with van der Waals surface area (Å²) in [5, 5.41) is 0. The van der Waals surface area contributed by atoms with Crippen molar-refractivity contribution in [3.8, 4) is 5.75 Å². The Balaban J connectivity index is 2.05. The summed E-state index contributed by atoms with van der Waals surface area (Å²) in [5.41, 5.74) is 8.24. The fourth-order valence-electron chi connectivity index (χ4n) is 1.59. The standard InChI is InChI=1S/C15H18N2O/c1-12(2)18-15-11-7-6-10-14(15)17-16-13-8-4-3-5-9-13/h3-12,16-17H,1-2H3. The van der Waals surface area contributed by atoms with Gasteiger partial charge in [-0.1, -0.05) is 30.3 Å². The molecule has 0 aliphatic rings. The van der Waals surface area contributed by atoms with Gasteiger partial charge in [-0.25, -0.2) is 0 Å². The summed E-state index contributed by atoms with van der Waals surface area (Å²) >= 11 is 0.